The lowest BCUT2D eigenvalue weighted by Crippen LogP contribution is -2.29. The van der Waals surface area contributed by atoms with Crippen molar-refractivity contribution in [3.05, 3.63) is 70.8 Å². The number of benzene rings is 2. The highest BCUT2D eigenvalue weighted by Crippen LogP contribution is 2.23. The fraction of sp³-hybridized carbons (Fsp3) is 0.278. The summed E-state index contributed by atoms with van der Waals surface area (Å²) in [6, 6.07) is 15.7. The van der Waals surface area contributed by atoms with Gasteiger partial charge in [-0.2, -0.15) is 0 Å². The Morgan fingerprint density at radius 3 is 2.62 bits per heavy atom. The SMILES string of the molecule is O=C(NC(CCl)c1ccccc1)c1ccc2c(c1)CCC2. The summed E-state index contributed by atoms with van der Waals surface area (Å²) < 4.78 is 0. The average Bonchev–Trinajstić information content (AvgIpc) is 3.00. The van der Waals surface area contributed by atoms with E-state index in [2.05, 4.69) is 11.4 Å². The maximum atomic E-state index is 12.4. The molecule has 0 saturated heterocycles. The van der Waals surface area contributed by atoms with Gasteiger partial charge in [-0.05, 0) is 48.1 Å². The van der Waals surface area contributed by atoms with Crippen LogP contribution in [0.5, 0.6) is 0 Å². The standard InChI is InChI=1S/C18H18ClNO/c19-12-17(14-5-2-1-3-6-14)20-18(21)16-10-9-13-7-4-8-15(13)11-16/h1-3,5-6,9-11,17H,4,7-8,12H2,(H,20,21). The van der Waals surface area contributed by atoms with Crippen molar-refractivity contribution >= 4 is 17.5 Å². The van der Waals surface area contributed by atoms with Gasteiger partial charge in [0.25, 0.3) is 5.91 Å². The minimum Gasteiger partial charge on any atom is -0.344 e. The average molecular weight is 300 g/mol. The molecule has 2 aromatic rings. The Balaban J connectivity index is 1.76. The minimum absolute atomic E-state index is 0.0563. The lowest BCUT2D eigenvalue weighted by atomic mass is 10.0. The summed E-state index contributed by atoms with van der Waals surface area (Å²) in [7, 11) is 0. The van der Waals surface area contributed by atoms with Gasteiger partial charge in [-0.3, -0.25) is 4.79 Å². The Bertz CT molecular complexity index is 639. The van der Waals surface area contributed by atoms with Gasteiger partial charge in [0.05, 0.1) is 6.04 Å². The number of fused-ring (bicyclic) bond motifs is 1. The lowest BCUT2D eigenvalue weighted by molar-refractivity contribution is 0.0940. The van der Waals surface area contributed by atoms with Crippen LogP contribution in [0.15, 0.2) is 48.5 Å². The molecule has 0 spiro atoms. The van der Waals surface area contributed by atoms with Crippen LogP contribution in [0.1, 0.15) is 39.5 Å². The first-order valence-electron chi connectivity index (χ1n) is 7.31. The molecule has 108 valence electrons. The minimum atomic E-state index is -0.159. The number of amides is 1. The molecule has 1 amide bonds. The molecule has 0 fully saturated rings. The van der Waals surface area contributed by atoms with Crippen LogP contribution in [0.2, 0.25) is 0 Å². The second-order valence-corrected chi connectivity index (χ2v) is 5.74. The Morgan fingerprint density at radius 2 is 1.86 bits per heavy atom. The van der Waals surface area contributed by atoms with E-state index in [4.69, 9.17) is 11.6 Å². The summed E-state index contributed by atoms with van der Waals surface area (Å²) in [6.07, 6.45) is 3.40. The number of nitrogens with one attached hydrogen (secondary N) is 1. The van der Waals surface area contributed by atoms with Crippen LogP contribution in [-0.4, -0.2) is 11.8 Å². The van der Waals surface area contributed by atoms with Crippen molar-refractivity contribution in [1.82, 2.24) is 5.32 Å². The molecule has 0 aliphatic heterocycles. The van der Waals surface area contributed by atoms with Crippen molar-refractivity contribution in [1.29, 1.82) is 0 Å². The van der Waals surface area contributed by atoms with Gasteiger partial charge in [-0.1, -0.05) is 36.4 Å². The highest BCUT2D eigenvalue weighted by atomic mass is 35.5. The molecule has 0 aromatic heterocycles. The largest absolute Gasteiger partial charge is 0.344 e. The third kappa shape index (κ3) is 3.11. The van der Waals surface area contributed by atoms with E-state index in [-0.39, 0.29) is 11.9 Å². The molecule has 2 nitrogen and oxygen atoms in total. The van der Waals surface area contributed by atoms with Crippen LogP contribution in [0.25, 0.3) is 0 Å². The number of carbonyl (C=O) groups excluding carboxylic acids is 1. The predicted octanol–water partition coefficient (Wildman–Crippen LogP) is 3.89. The Kier molecular flexibility index (Phi) is 4.26. The van der Waals surface area contributed by atoms with Crippen LogP contribution in [-0.2, 0) is 12.8 Å². The molecular formula is C18H18ClNO. The van der Waals surface area contributed by atoms with E-state index < -0.39 is 0 Å². The molecule has 21 heavy (non-hydrogen) atoms. The van der Waals surface area contributed by atoms with E-state index in [1.165, 1.54) is 17.5 Å². The number of rotatable bonds is 4. The van der Waals surface area contributed by atoms with Gasteiger partial charge in [0.2, 0.25) is 0 Å². The van der Waals surface area contributed by atoms with Crippen molar-refractivity contribution in [3.8, 4) is 0 Å². The second-order valence-electron chi connectivity index (χ2n) is 5.43. The molecule has 1 unspecified atom stereocenters. The van der Waals surface area contributed by atoms with Crippen molar-refractivity contribution in [2.75, 3.05) is 5.88 Å². The number of hydrogen-bond acceptors (Lipinski definition) is 1. The number of carbonyl (C=O) groups is 1. The van der Waals surface area contributed by atoms with Crippen LogP contribution >= 0.6 is 11.6 Å². The van der Waals surface area contributed by atoms with Gasteiger partial charge >= 0.3 is 0 Å². The fourth-order valence-corrected chi connectivity index (χ4v) is 3.11. The third-order valence-corrected chi connectivity index (χ3v) is 4.33. The molecule has 0 bridgehead atoms. The molecule has 0 radical (unpaired) electrons. The zero-order valence-electron chi connectivity index (χ0n) is 11.8. The summed E-state index contributed by atoms with van der Waals surface area (Å²) >= 11 is 6.01. The quantitative estimate of drug-likeness (QED) is 0.853. The van der Waals surface area contributed by atoms with E-state index in [0.717, 1.165) is 24.0 Å². The molecule has 1 atom stereocenters. The number of aryl methyl sites for hydroxylation is 2. The Hall–Kier alpha value is -1.80. The summed E-state index contributed by atoms with van der Waals surface area (Å²) in [6.45, 7) is 0. The van der Waals surface area contributed by atoms with Gasteiger partial charge in [-0.15, -0.1) is 11.6 Å². The topological polar surface area (TPSA) is 29.1 Å². The Labute approximate surface area is 130 Å². The summed E-state index contributed by atoms with van der Waals surface area (Å²) in [5.41, 5.74) is 4.44. The van der Waals surface area contributed by atoms with Crippen molar-refractivity contribution in [3.63, 3.8) is 0 Å². The molecule has 0 saturated carbocycles. The number of alkyl halides is 1. The molecule has 0 heterocycles. The predicted molar refractivity (Wildman–Crippen MR) is 85.8 cm³/mol. The Morgan fingerprint density at radius 1 is 1.10 bits per heavy atom. The van der Waals surface area contributed by atoms with Crippen LogP contribution in [0.4, 0.5) is 0 Å². The molecule has 3 rings (SSSR count). The van der Waals surface area contributed by atoms with Crippen LogP contribution in [0.3, 0.4) is 0 Å². The number of halogens is 1. The van der Waals surface area contributed by atoms with Crippen LogP contribution in [0, 0.1) is 0 Å². The van der Waals surface area contributed by atoms with E-state index >= 15 is 0 Å². The molecule has 1 N–H and O–H groups in total. The first-order valence-corrected chi connectivity index (χ1v) is 7.85. The smallest absolute Gasteiger partial charge is 0.251 e. The zero-order chi connectivity index (χ0) is 14.7. The van der Waals surface area contributed by atoms with Crippen molar-refractivity contribution < 1.29 is 4.79 Å². The third-order valence-electron chi connectivity index (χ3n) is 4.02. The molecule has 2 aromatic carbocycles. The summed E-state index contributed by atoms with van der Waals surface area (Å²) in [5.74, 6) is 0.306. The van der Waals surface area contributed by atoms with E-state index in [0.29, 0.717) is 5.88 Å². The normalized spacial score (nSPS) is 14.5. The highest BCUT2D eigenvalue weighted by molar-refractivity contribution is 6.18. The van der Waals surface area contributed by atoms with Crippen molar-refractivity contribution in [2.24, 2.45) is 0 Å². The number of hydrogen-bond donors (Lipinski definition) is 1. The fourth-order valence-electron chi connectivity index (χ4n) is 2.85. The first-order chi connectivity index (χ1) is 10.3. The van der Waals surface area contributed by atoms with E-state index in [1.54, 1.807) is 0 Å². The monoisotopic (exact) mass is 299 g/mol. The van der Waals surface area contributed by atoms with Gasteiger partial charge < -0.3 is 5.32 Å². The maximum Gasteiger partial charge on any atom is 0.251 e. The second kappa shape index (κ2) is 6.31. The molecule has 3 heteroatoms. The molecular weight excluding hydrogens is 282 g/mol. The molecule has 1 aliphatic carbocycles. The van der Waals surface area contributed by atoms with Gasteiger partial charge in [0, 0.05) is 11.4 Å². The maximum absolute atomic E-state index is 12.4. The van der Waals surface area contributed by atoms with E-state index in [9.17, 15) is 4.79 Å². The van der Waals surface area contributed by atoms with Crippen LogP contribution < -0.4 is 5.32 Å². The zero-order valence-corrected chi connectivity index (χ0v) is 12.6. The molecule has 1 aliphatic rings. The lowest BCUT2D eigenvalue weighted by Gasteiger charge is -2.17. The van der Waals surface area contributed by atoms with Crippen molar-refractivity contribution in [2.45, 2.75) is 25.3 Å². The first kappa shape index (κ1) is 14.2. The van der Waals surface area contributed by atoms with E-state index in [1.807, 2.05) is 42.5 Å². The van der Waals surface area contributed by atoms with Gasteiger partial charge in [-0.25, -0.2) is 0 Å². The summed E-state index contributed by atoms with van der Waals surface area (Å²) in [4.78, 5) is 12.4. The van der Waals surface area contributed by atoms with Gasteiger partial charge in [0.15, 0.2) is 0 Å². The van der Waals surface area contributed by atoms with Gasteiger partial charge in [0.1, 0.15) is 0 Å². The highest BCUT2D eigenvalue weighted by Gasteiger charge is 2.17. The summed E-state index contributed by atoms with van der Waals surface area (Å²) in [5, 5.41) is 3.02.